The summed E-state index contributed by atoms with van der Waals surface area (Å²) in [6.07, 6.45) is -10.4. The number of carbonyl (C=O) groups excluding carboxylic acids is 4. The van der Waals surface area contributed by atoms with Gasteiger partial charge < -0.3 is 49.8 Å². The van der Waals surface area contributed by atoms with Gasteiger partial charge in [-0.15, -0.1) is 0 Å². The molecule has 0 aromatic heterocycles. The van der Waals surface area contributed by atoms with Crippen LogP contribution in [0.2, 0.25) is 0 Å². The molecule has 8 unspecified atom stereocenters. The maximum atomic E-state index is 14.8. The van der Waals surface area contributed by atoms with Gasteiger partial charge in [-0.3, -0.25) is 9.59 Å². The van der Waals surface area contributed by atoms with E-state index in [2.05, 4.69) is 5.32 Å². The standard InChI is InChI=1S/C44H49NO13/c1-23-28(57-40(52)34(48)32(24-16-18-27(55-5)19-17-24)45-38(50)25-12-8-6-9-13-25)21-44(54)37(58-39(51)26-14-10-7-11-15-26)35-42(4,29(46)20-30-43(35,53)22-56-30)36(49)33(47)31(23)41(44,2)3/h6-19,28-30,32-35,37,46-48,53-54H,20-22H2,1-5H3,(H,45,50)/t28?,29?,30?,32-,33?,34?,35?,37?,42+,43-,44?/m0/s1. The molecule has 1 saturated heterocycles. The first kappa shape index (κ1) is 41.2. The number of aliphatic hydroxyl groups excluding tert-OH is 3. The van der Waals surface area contributed by atoms with E-state index in [4.69, 9.17) is 18.9 Å². The molecule has 1 heterocycles. The van der Waals surface area contributed by atoms with E-state index in [1.807, 2.05) is 0 Å². The Morgan fingerprint density at radius 2 is 1.48 bits per heavy atom. The summed E-state index contributed by atoms with van der Waals surface area (Å²) < 4.78 is 23.2. The first-order chi connectivity index (χ1) is 27.4. The number of aliphatic hydroxyl groups is 5. The SMILES string of the molecule is COc1ccc([C@H](NC(=O)c2ccccc2)C(O)C(=O)OC2CC3(O)C(OC(=O)c4ccccc4)C4[C@]5(O)COC5CC(O)[C@@]4(C)C(=O)C(O)C(=C2C)C3(C)C)cc1. The average molecular weight is 800 g/mol. The lowest BCUT2D eigenvalue weighted by molar-refractivity contribution is -0.343. The Balaban J connectivity index is 1.31. The molecule has 1 aliphatic heterocycles. The number of ether oxygens (including phenoxy) is 4. The van der Waals surface area contributed by atoms with Crippen molar-refractivity contribution in [3.63, 3.8) is 0 Å². The van der Waals surface area contributed by atoms with Crippen LogP contribution in [0.15, 0.2) is 96.1 Å². The van der Waals surface area contributed by atoms with Crippen molar-refractivity contribution in [2.45, 2.75) is 94.4 Å². The van der Waals surface area contributed by atoms with Crippen LogP contribution in [0.1, 0.15) is 72.9 Å². The Morgan fingerprint density at radius 3 is 2.05 bits per heavy atom. The number of carbonyl (C=O) groups is 4. The van der Waals surface area contributed by atoms with Gasteiger partial charge in [-0.25, -0.2) is 9.59 Å². The van der Waals surface area contributed by atoms with E-state index in [0.717, 1.165) is 0 Å². The van der Waals surface area contributed by atoms with Gasteiger partial charge in [0.25, 0.3) is 5.91 Å². The van der Waals surface area contributed by atoms with Gasteiger partial charge in [0.15, 0.2) is 11.9 Å². The first-order valence-electron chi connectivity index (χ1n) is 19.2. The smallest absolute Gasteiger partial charge is 0.338 e. The Kier molecular flexibility index (Phi) is 10.7. The van der Waals surface area contributed by atoms with Crippen molar-refractivity contribution in [1.29, 1.82) is 0 Å². The lowest BCUT2D eigenvalue weighted by atomic mass is 9.44. The second kappa shape index (κ2) is 15.0. The van der Waals surface area contributed by atoms with Gasteiger partial charge in [0.1, 0.15) is 35.3 Å². The summed E-state index contributed by atoms with van der Waals surface area (Å²) >= 11 is 0. The zero-order valence-corrected chi connectivity index (χ0v) is 32.8. The van der Waals surface area contributed by atoms with E-state index in [0.29, 0.717) is 11.3 Å². The van der Waals surface area contributed by atoms with Crippen LogP contribution in [-0.2, 0) is 23.8 Å². The zero-order valence-electron chi connectivity index (χ0n) is 32.8. The van der Waals surface area contributed by atoms with Gasteiger partial charge in [0, 0.05) is 29.7 Å². The molecule has 3 aliphatic carbocycles. The quantitative estimate of drug-likeness (QED) is 0.136. The largest absolute Gasteiger partial charge is 0.497 e. The normalized spacial score (nSPS) is 33.4. The Morgan fingerprint density at radius 1 is 0.879 bits per heavy atom. The number of benzene rings is 3. The van der Waals surface area contributed by atoms with Crippen LogP contribution >= 0.6 is 0 Å². The van der Waals surface area contributed by atoms with Crippen molar-refractivity contribution >= 4 is 23.6 Å². The van der Waals surface area contributed by atoms with E-state index >= 15 is 0 Å². The van der Waals surface area contributed by atoms with Crippen molar-refractivity contribution in [3.8, 4) is 5.75 Å². The lowest BCUT2D eigenvalue weighted by Crippen LogP contribution is -2.81. The number of hydrogen-bond acceptors (Lipinski definition) is 13. The Labute approximate surface area is 335 Å². The predicted octanol–water partition coefficient (Wildman–Crippen LogP) is 2.60. The fourth-order valence-electron chi connectivity index (χ4n) is 9.69. The highest BCUT2D eigenvalue weighted by atomic mass is 16.6. The van der Waals surface area contributed by atoms with Gasteiger partial charge >= 0.3 is 11.9 Å². The van der Waals surface area contributed by atoms with Crippen LogP contribution in [0, 0.1) is 16.7 Å². The van der Waals surface area contributed by atoms with Crippen molar-refractivity contribution in [1.82, 2.24) is 5.32 Å². The number of fused-ring (bicyclic) bond motifs is 5. The second-order valence-electron chi connectivity index (χ2n) is 16.6. The number of ketones is 1. The summed E-state index contributed by atoms with van der Waals surface area (Å²) in [4.78, 5) is 56.3. The van der Waals surface area contributed by atoms with Gasteiger partial charge in [-0.05, 0) is 67.0 Å². The molecule has 14 nitrogen and oxygen atoms in total. The summed E-state index contributed by atoms with van der Waals surface area (Å²) in [5.74, 6) is -4.67. The maximum Gasteiger partial charge on any atom is 0.338 e. The molecule has 11 atom stereocenters. The van der Waals surface area contributed by atoms with Crippen LogP contribution in [0.5, 0.6) is 5.75 Å². The summed E-state index contributed by atoms with van der Waals surface area (Å²) in [5.41, 5.74) is -7.00. The highest BCUT2D eigenvalue weighted by Crippen LogP contribution is 2.63. The fraction of sp³-hybridized carbons (Fsp3) is 0.455. The van der Waals surface area contributed by atoms with Gasteiger partial charge in [-0.1, -0.05) is 62.4 Å². The molecule has 3 aromatic carbocycles. The number of Topliss-reactive ketones (excluding diaryl/α,β-unsaturated/α-hetero) is 1. The Bertz CT molecular complexity index is 2110. The van der Waals surface area contributed by atoms with Crippen molar-refractivity contribution in [2.75, 3.05) is 13.7 Å². The van der Waals surface area contributed by atoms with Crippen molar-refractivity contribution in [3.05, 3.63) is 113 Å². The minimum Gasteiger partial charge on any atom is -0.497 e. The lowest BCUT2D eigenvalue weighted by Gasteiger charge is -2.66. The Hall–Kier alpha value is -4.96. The molecule has 1 amide bonds. The molecular formula is C44H49NO13. The zero-order chi connectivity index (χ0) is 41.9. The van der Waals surface area contributed by atoms with E-state index in [1.54, 1.807) is 86.6 Å². The van der Waals surface area contributed by atoms with Crippen LogP contribution in [0.3, 0.4) is 0 Å². The van der Waals surface area contributed by atoms with E-state index in [1.165, 1.54) is 33.1 Å². The molecule has 2 saturated carbocycles. The number of hydrogen-bond donors (Lipinski definition) is 6. The minimum atomic E-state index is -2.32. The predicted molar refractivity (Wildman–Crippen MR) is 205 cm³/mol. The topological polar surface area (TPSA) is 218 Å². The van der Waals surface area contributed by atoms with Crippen molar-refractivity contribution < 1.29 is 63.7 Å². The number of rotatable bonds is 9. The molecule has 3 fully saturated rings. The maximum absolute atomic E-state index is 14.8. The molecule has 0 spiro atoms. The molecule has 6 N–H and O–H groups in total. The highest BCUT2D eigenvalue weighted by molar-refractivity contribution is 5.95. The first-order valence-corrected chi connectivity index (χ1v) is 19.2. The number of methoxy groups -OCH3 is 1. The molecular weight excluding hydrogens is 750 g/mol. The highest BCUT2D eigenvalue weighted by Gasteiger charge is 2.76. The fourth-order valence-corrected chi connectivity index (χ4v) is 9.69. The average Bonchev–Trinajstić information content (AvgIpc) is 3.22. The third-order valence-corrected chi connectivity index (χ3v) is 13.2. The summed E-state index contributed by atoms with van der Waals surface area (Å²) in [6.45, 7) is 5.69. The summed E-state index contributed by atoms with van der Waals surface area (Å²) in [5, 5.41) is 63.8. The van der Waals surface area contributed by atoms with E-state index < -0.39 is 101 Å². The molecule has 58 heavy (non-hydrogen) atoms. The summed E-state index contributed by atoms with van der Waals surface area (Å²) in [7, 11) is 1.47. The molecule has 14 heteroatoms. The monoisotopic (exact) mass is 799 g/mol. The minimum absolute atomic E-state index is 0.0470. The number of esters is 2. The molecule has 308 valence electrons. The third kappa shape index (κ3) is 6.42. The number of amides is 1. The van der Waals surface area contributed by atoms with Crippen LogP contribution in [0.25, 0.3) is 0 Å². The molecule has 4 aliphatic rings. The number of nitrogens with one attached hydrogen (secondary N) is 1. The van der Waals surface area contributed by atoms with Crippen LogP contribution in [0.4, 0.5) is 0 Å². The van der Waals surface area contributed by atoms with Crippen LogP contribution < -0.4 is 10.1 Å². The summed E-state index contributed by atoms with van der Waals surface area (Å²) in [6, 6.07) is 21.0. The van der Waals surface area contributed by atoms with Gasteiger partial charge in [0.05, 0.1) is 42.9 Å². The molecule has 0 radical (unpaired) electrons. The third-order valence-electron chi connectivity index (χ3n) is 13.2. The van der Waals surface area contributed by atoms with E-state index in [-0.39, 0.29) is 35.3 Å². The molecule has 2 bridgehead atoms. The van der Waals surface area contributed by atoms with Gasteiger partial charge in [0.2, 0.25) is 0 Å². The molecule has 3 aromatic rings. The van der Waals surface area contributed by atoms with Crippen LogP contribution in [-0.4, -0.2) is 111 Å². The van der Waals surface area contributed by atoms with E-state index in [9.17, 15) is 44.7 Å². The van der Waals surface area contributed by atoms with Crippen molar-refractivity contribution in [2.24, 2.45) is 16.7 Å². The second-order valence-corrected chi connectivity index (χ2v) is 16.6. The molecule has 7 rings (SSSR count). The van der Waals surface area contributed by atoms with Gasteiger partial charge in [-0.2, -0.15) is 0 Å².